The molecule has 0 aliphatic carbocycles. The first-order valence-electron chi connectivity index (χ1n) is 18.2. The predicted octanol–water partition coefficient (Wildman–Crippen LogP) is 12.4. The number of aromatic nitrogens is 2. The molecule has 0 unspecified atom stereocenters. The van der Waals surface area contributed by atoms with Gasteiger partial charge < -0.3 is 14.4 Å². The van der Waals surface area contributed by atoms with Gasteiger partial charge in [-0.05, 0) is 70.9 Å². The van der Waals surface area contributed by atoms with Crippen molar-refractivity contribution in [1.82, 2.24) is 9.97 Å². The van der Waals surface area contributed by atoms with Crippen molar-refractivity contribution in [2.45, 2.75) is 74.0 Å². The summed E-state index contributed by atoms with van der Waals surface area (Å²) in [6.07, 6.45) is 6.14. The SMILES string of the molecule is CC(C)Cc1cc(-c2[c-]cccc2)ncc1[Si](C)(C)C.Cc1cnc(-c2[c-]ccc3c2oc2cc(-c4ccccc4F)ccc23)cc1CC(C)(C)C.[Ir]. The molecule has 7 aromatic rings. The van der Waals surface area contributed by atoms with E-state index in [1.54, 1.807) is 12.1 Å². The van der Waals surface area contributed by atoms with E-state index in [0.717, 1.165) is 62.9 Å². The van der Waals surface area contributed by atoms with Crippen molar-refractivity contribution < 1.29 is 28.9 Å². The van der Waals surface area contributed by atoms with Crippen LogP contribution < -0.4 is 5.19 Å². The fourth-order valence-electron chi connectivity index (χ4n) is 6.74. The molecule has 0 amide bonds. The summed E-state index contributed by atoms with van der Waals surface area (Å²) in [5, 5.41) is 3.50. The quantitative estimate of drug-likeness (QED) is 0.118. The summed E-state index contributed by atoms with van der Waals surface area (Å²) in [5.74, 6) is 0.423. The maximum Gasteiger partial charge on any atom is 0.131 e. The molecule has 3 nitrogen and oxygen atoms in total. The van der Waals surface area contributed by atoms with Gasteiger partial charge in [0.2, 0.25) is 0 Å². The minimum Gasteiger partial charge on any atom is -0.501 e. The van der Waals surface area contributed by atoms with Crippen molar-refractivity contribution in [3.05, 3.63) is 138 Å². The first kappa shape index (κ1) is 40.0. The minimum absolute atomic E-state index is 0. The molecule has 0 atom stereocenters. The van der Waals surface area contributed by atoms with Crippen LogP contribution in [0.5, 0.6) is 0 Å². The molecule has 0 aliphatic rings. The number of pyridine rings is 2. The van der Waals surface area contributed by atoms with Crippen molar-refractivity contribution in [1.29, 1.82) is 0 Å². The number of fused-ring (bicyclic) bond motifs is 3. The number of halogens is 1. The van der Waals surface area contributed by atoms with E-state index >= 15 is 0 Å². The zero-order chi connectivity index (χ0) is 37.2. The normalized spacial score (nSPS) is 11.8. The van der Waals surface area contributed by atoms with Gasteiger partial charge in [0.1, 0.15) is 11.4 Å². The van der Waals surface area contributed by atoms with E-state index in [4.69, 9.17) is 9.40 Å². The average molecular weight is 897 g/mol. The van der Waals surface area contributed by atoms with Crippen molar-refractivity contribution in [2.75, 3.05) is 0 Å². The van der Waals surface area contributed by atoms with E-state index in [2.05, 4.69) is 103 Å². The maximum atomic E-state index is 14.3. The van der Waals surface area contributed by atoms with Crippen LogP contribution in [-0.2, 0) is 32.9 Å². The third kappa shape index (κ3) is 9.48. The van der Waals surface area contributed by atoms with Gasteiger partial charge in [-0.15, -0.1) is 54.1 Å². The summed E-state index contributed by atoms with van der Waals surface area (Å²) in [4.78, 5) is 9.38. The molecule has 7 rings (SSSR count). The third-order valence-corrected chi connectivity index (χ3v) is 11.3. The zero-order valence-corrected chi connectivity index (χ0v) is 35.7. The molecular formula is C47H49FIrN2OSi-2. The van der Waals surface area contributed by atoms with Gasteiger partial charge in [0, 0.05) is 43.4 Å². The van der Waals surface area contributed by atoms with Crippen LogP contribution in [0.15, 0.2) is 108 Å². The Morgan fingerprint density at radius 3 is 2.19 bits per heavy atom. The molecule has 275 valence electrons. The van der Waals surface area contributed by atoms with Gasteiger partial charge in [-0.3, -0.25) is 0 Å². The second-order valence-corrected chi connectivity index (χ2v) is 21.5. The second-order valence-electron chi connectivity index (χ2n) is 16.5. The molecule has 0 aliphatic heterocycles. The Bertz CT molecular complexity index is 2330. The van der Waals surface area contributed by atoms with Crippen LogP contribution in [0.25, 0.3) is 55.6 Å². The molecule has 3 aromatic heterocycles. The molecule has 0 saturated heterocycles. The molecule has 0 bridgehead atoms. The summed E-state index contributed by atoms with van der Waals surface area (Å²) < 4.78 is 20.6. The van der Waals surface area contributed by atoms with E-state index < -0.39 is 8.07 Å². The predicted molar refractivity (Wildman–Crippen MR) is 219 cm³/mol. The number of rotatable bonds is 7. The molecular weight excluding hydrogens is 848 g/mol. The Morgan fingerprint density at radius 2 is 1.51 bits per heavy atom. The Balaban J connectivity index is 0.000000223. The summed E-state index contributed by atoms with van der Waals surface area (Å²) in [6.45, 7) is 20.6. The van der Waals surface area contributed by atoms with E-state index in [-0.39, 0.29) is 31.3 Å². The van der Waals surface area contributed by atoms with Gasteiger partial charge in [0.15, 0.2) is 0 Å². The molecule has 0 saturated carbocycles. The Morgan fingerprint density at radius 1 is 0.792 bits per heavy atom. The smallest absolute Gasteiger partial charge is 0.131 e. The monoisotopic (exact) mass is 897 g/mol. The van der Waals surface area contributed by atoms with Crippen LogP contribution >= 0.6 is 0 Å². The van der Waals surface area contributed by atoms with E-state index in [9.17, 15) is 4.39 Å². The van der Waals surface area contributed by atoms with Gasteiger partial charge in [0.05, 0.1) is 13.7 Å². The van der Waals surface area contributed by atoms with E-state index in [0.29, 0.717) is 11.5 Å². The molecule has 6 heteroatoms. The topological polar surface area (TPSA) is 38.9 Å². The summed E-state index contributed by atoms with van der Waals surface area (Å²) >= 11 is 0. The Labute approximate surface area is 329 Å². The molecule has 0 spiro atoms. The first-order valence-corrected chi connectivity index (χ1v) is 21.7. The molecule has 3 heterocycles. The van der Waals surface area contributed by atoms with E-state index in [1.807, 2.05) is 60.8 Å². The standard InChI is InChI=1S/C29H25FNO.C18H24NSi.Ir/c1-18-17-31-26(14-20(18)16-29(2,3)4)24-10-7-9-23-22-13-12-19(15-27(22)32-28(23)24)21-8-5-6-11-25(21)30;1-14(2)11-16-12-17(15-9-7-6-8-10-15)19-13-18(16)20(3,4)5;/h5-9,11-15,17H,16H2,1-4H3;6-9,12-14H,11H2,1-5H3;/q2*-1;. The van der Waals surface area contributed by atoms with E-state index in [1.165, 1.54) is 27.9 Å². The van der Waals surface area contributed by atoms with Crippen LogP contribution in [0.1, 0.15) is 51.3 Å². The molecule has 0 N–H and O–H groups in total. The number of hydrogen-bond donors (Lipinski definition) is 0. The van der Waals surface area contributed by atoms with Gasteiger partial charge in [0.25, 0.3) is 0 Å². The van der Waals surface area contributed by atoms with Crippen LogP contribution in [0.2, 0.25) is 19.6 Å². The van der Waals surface area contributed by atoms with Crippen LogP contribution in [0, 0.1) is 36.2 Å². The van der Waals surface area contributed by atoms with Crippen molar-refractivity contribution in [3.63, 3.8) is 0 Å². The fraction of sp³-hybridized carbons (Fsp3) is 0.277. The molecule has 53 heavy (non-hydrogen) atoms. The largest absolute Gasteiger partial charge is 0.501 e. The first-order chi connectivity index (χ1) is 24.7. The molecule has 4 aromatic carbocycles. The molecule has 0 fully saturated rings. The van der Waals surface area contributed by atoms with Crippen molar-refractivity contribution >= 4 is 35.2 Å². The second kappa shape index (κ2) is 16.4. The average Bonchev–Trinajstić information content (AvgIpc) is 3.47. The third-order valence-electron chi connectivity index (χ3n) is 9.22. The molecule has 1 radical (unpaired) electrons. The summed E-state index contributed by atoms with van der Waals surface area (Å²) in [5.41, 5.74) is 10.8. The number of hydrogen-bond acceptors (Lipinski definition) is 3. The van der Waals surface area contributed by atoms with Gasteiger partial charge in [-0.2, -0.15) is 0 Å². The van der Waals surface area contributed by atoms with Crippen molar-refractivity contribution in [3.8, 4) is 33.6 Å². The van der Waals surface area contributed by atoms with Gasteiger partial charge >= 0.3 is 0 Å². The minimum atomic E-state index is -1.34. The van der Waals surface area contributed by atoms with Crippen LogP contribution in [0.4, 0.5) is 4.39 Å². The number of nitrogens with zero attached hydrogens (tertiary/aromatic N) is 2. The summed E-state index contributed by atoms with van der Waals surface area (Å²) in [6, 6.07) is 35.7. The maximum absolute atomic E-state index is 14.3. The zero-order valence-electron chi connectivity index (χ0n) is 32.3. The van der Waals surface area contributed by atoms with Crippen molar-refractivity contribution in [2.24, 2.45) is 11.3 Å². The van der Waals surface area contributed by atoms with Gasteiger partial charge in [-0.1, -0.05) is 119 Å². The number of benzene rings is 4. The Kier molecular flexibility index (Phi) is 12.4. The van der Waals surface area contributed by atoms with Gasteiger partial charge in [-0.25, -0.2) is 4.39 Å². The Hall–Kier alpha value is -4.22. The number of furan rings is 1. The fourth-order valence-corrected chi connectivity index (χ4v) is 8.33. The number of aryl methyl sites for hydroxylation is 1. The van der Waals surface area contributed by atoms with Crippen LogP contribution in [-0.4, -0.2) is 18.0 Å². The van der Waals surface area contributed by atoms with Crippen LogP contribution in [0.3, 0.4) is 0 Å². The summed E-state index contributed by atoms with van der Waals surface area (Å²) in [7, 11) is -1.34.